The lowest BCUT2D eigenvalue weighted by Gasteiger charge is -2.22. The zero-order chi connectivity index (χ0) is 14.1. The number of hydrogen-bond donors (Lipinski definition) is 1. The molecular weight excluding hydrogens is 264 g/mol. The van der Waals surface area contributed by atoms with Gasteiger partial charge in [-0.3, -0.25) is 0 Å². The lowest BCUT2D eigenvalue weighted by Crippen LogP contribution is -2.32. The molecule has 0 aromatic rings. The Morgan fingerprint density at radius 2 is 1.58 bits per heavy atom. The van der Waals surface area contributed by atoms with Crippen molar-refractivity contribution < 1.29 is 22.7 Å². The van der Waals surface area contributed by atoms with Crippen LogP contribution in [-0.2, 0) is 0 Å². The maximum absolute atomic E-state index is 13.4. The monoisotopic (exact) mass is 274 g/mol. The second-order valence-corrected chi connectivity index (χ2v) is 4.14. The highest BCUT2D eigenvalue weighted by atomic mass is 19.3. The van der Waals surface area contributed by atoms with Gasteiger partial charge in [0.15, 0.2) is 12.1 Å². The van der Waals surface area contributed by atoms with Gasteiger partial charge in [-0.15, -0.1) is 0 Å². The molecule has 0 heterocycles. The van der Waals surface area contributed by atoms with E-state index in [-0.39, 0.29) is 0 Å². The van der Waals surface area contributed by atoms with Crippen LogP contribution in [0.1, 0.15) is 0 Å². The number of hydrogen-bond acceptors (Lipinski definition) is 3. The van der Waals surface area contributed by atoms with Gasteiger partial charge in [-0.2, -0.15) is 27.8 Å². The fourth-order valence-electron chi connectivity index (χ4n) is 1.60. The van der Waals surface area contributed by atoms with Gasteiger partial charge in [0.05, 0.1) is 0 Å². The van der Waals surface area contributed by atoms with E-state index in [1.165, 1.54) is 6.08 Å². The van der Waals surface area contributed by atoms with Gasteiger partial charge in [0.1, 0.15) is 5.76 Å². The van der Waals surface area contributed by atoms with Crippen molar-refractivity contribution in [3.8, 4) is 0 Å². The first-order chi connectivity index (χ1) is 8.81. The van der Waals surface area contributed by atoms with E-state index in [2.05, 4.69) is 10.2 Å². The number of aliphatic hydroxyl groups excluding tert-OH is 1. The van der Waals surface area contributed by atoms with Crippen molar-refractivity contribution in [1.82, 2.24) is 0 Å². The Labute approximate surface area is 106 Å². The van der Waals surface area contributed by atoms with Crippen LogP contribution in [0.2, 0.25) is 0 Å². The molecule has 7 heteroatoms. The van der Waals surface area contributed by atoms with E-state index < -0.39 is 29.7 Å². The summed E-state index contributed by atoms with van der Waals surface area (Å²) in [5.41, 5.74) is 0. The van der Waals surface area contributed by atoms with Gasteiger partial charge in [-0.1, -0.05) is 18.2 Å². The predicted molar refractivity (Wildman–Crippen MR) is 60.5 cm³/mol. The van der Waals surface area contributed by atoms with E-state index in [4.69, 9.17) is 5.11 Å². The first kappa shape index (κ1) is 13.5. The first-order valence-electron chi connectivity index (χ1n) is 5.43. The molecule has 0 radical (unpaired) electrons. The highest BCUT2D eigenvalue weighted by Gasteiger charge is 2.41. The number of rotatable bonds is 2. The van der Waals surface area contributed by atoms with Gasteiger partial charge >= 0.3 is 0 Å². The van der Waals surface area contributed by atoms with E-state index in [0.717, 1.165) is 24.3 Å². The minimum Gasteiger partial charge on any atom is -0.508 e. The van der Waals surface area contributed by atoms with E-state index in [1.54, 1.807) is 0 Å². The number of allylic oxidation sites excluding steroid dienone is 3. The SMILES string of the molecule is OC1=CC(F)(F)C(/N=N/C2C=CC=CC2(F)F)C=C1. The summed E-state index contributed by atoms with van der Waals surface area (Å²) >= 11 is 0. The van der Waals surface area contributed by atoms with Crippen LogP contribution in [0, 0.1) is 0 Å². The molecule has 0 saturated heterocycles. The summed E-state index contributed by atoms with van der Waals surface area (Å²) < 4.78 is 53.5. The summed E-state index contributed by atoms with van der Waals surface area (Å²) in [4.78, 5) is 0. The molecule has 2 aliphatic carbocycles. The Hall–Kier alpha value is -1.92. The molecule has 0 spiro atoms. The lowest BCUT2D eigenvalue weighted by molar-refractivity contribution is 0.0250. The second-order valence-electron chi connectivity index (χ2n) is 4.14. The highest BCUT2D eigenvalue weighted by Crippen LogP contribution is 2.31. The first-order valence-corrected chi connectivity index (χ1v) is 5.43. The maximum Gasteiger partial charge on any atom is 0.297 e. The molecule has 2 unspecified atom stereocenters. The van der Waals surface area contributed by atoms with Crippen molar-refractivity contribution in [2.75, 3.05) is 0 Å². The van der Waals surface area contributed by atoms with E-state index in [0.29, 0.717) is 12.2 Å². The van der Waals surface area contributed by atoms with E-state index in [1.807, 2.05) is 0 Å². The Balaban J connectivity index is 2.14. The third-order valence-electron chi connectivity index (χ3n) is 2.62. The summed E-state index contributed by atoms with van der Waals surface area (Å²) in [5, 5.41) is 15.5. The minimum atomic E-state index is -3.45. The Morgan fingerprint density at radius 1 is 0.947 bits per heavy atom. The fourth-order valence-corrected chi connectivity index (χ4v) is 1.60. The molecule has 2 rings (SSSR count). The van der Waals surface area contributed by atoms with Crippen LogP contribution in [-0.4, -0.2) is 29.0 Å². The number of aliphatic hydroxyl groups is 1. The molecular formula is C12H10F4N2O. The Bertz CT molecular complexity index is 506. The largest absolute Gasteiger partial charge is 0.508 e. The molecule has 0 saturated carbocycles. The molecule has 3 nitrogen and oxygen atoms in total. The van der Waals surface area contributed by atoms with Crippen LogP contribution < -0.4 is 0 Å². The van der Waals surface area contributed by atoms with Crippen LogP contribution in [0.5, 0.6) is 0 Å². The molecule has 0 bridgehead atoms. The number of nitrogens with zero attached hydrogens (tertiary/aromatic N) is 2. The Kier molecular flexibility index (Phi) is 3.30. The molecule has 102 valence electrons. The van der Waals surface area contributed by atoms with Crippen molar-refractivity contribution in [2.45, 2.75) is 23.9 Å². The van der Waals surface area contributed by atoms with Gasteiger partial charge in [0, 0.05) is 6.08 Å². The summed E-state index contributed by atoms with van der Waals surface area (Å²) in [7, 11) is 0. The molecule has 0 amide bonds. The fraction of sp³-hybridized carbons (Fsp3) is 0.333. The minimum absolute atomic E-state index is 0.311. The third kappa shape index (κ3) is 2.91. The highest BCUT2D eigenvalue weighted by molar-refractivity contribution is 5.26. The average Bonchev–Trinajstić information content (AvgIpc) is 2.28. The average molecular weight is 274 g/mol. The van der Waals surface area contributed by atoms with Crippen molar-refractivity contribution >= 4 is 0 Å². The Morgan fingerprint density at radius 3 is 2.16 bits per heavy atom. The zero-order valence-electron chi connectivity index (χ0n) is 9.55. The van der Waals surface area contributed by atoms with Gasteiger partial charge < -0.3 is 5.11 Å². The summed E-state index contributed by atoms with van der Waals surface area (Å²) in [6, 6.07) is -3.29. The lowest BCUT2D eigenvalue weighted by atomic mass is 10.0. The molecule has 2 aliphatic rings. The van der Waals surface area contributed by atoms with Gasteiger partial charge in [-0.05, 0) is 18.2 Å². The topological polar surface area (TPSA) is 45.0 Å². The molecule has 2 atom stereocenters. The van der Waals surface area contributed by atoms with Gasteiger partial charge in [-0.25, -0.2) is 0 Å². The smallest absolute Gasteiger partial charge is 0.297 e. The second kappa shape index (κ2) is 4.64. The van der Waals surface area contributed by atoms with Crippen LogP contribution in [0.15, 0.2) is 58.5 Å². The van der Waals surface area contributed by atoms with Crippen LogP contribution >= 0.6 is 0 Å². The normalized spacial score (nSPS) is 31.7. The summed E-state index contributed by atoms with van der Waals surface area (Å²) in [5.74, 6) is -7.29. The maximum atomic E-state index is 13.4. The molecule has 0 aromatic carbocycles. The van der Waals surface area contributed by atoms with E-state index in [9.17, 15) is 17.6 Å². The quantitative estimate of drug-likeness (QED) is 0.607. The van der Waals surface area contributed by atoms with Crippen LogP contribution in [0.3, 0.4) is 0 Å². The summed E-state index contributed by atoms with van der Waals surface area (Å²) in [6.45, 7) is 0. The molecule has 0 fully saturated rings. The number of halogens is 4. The molecule has 0 aliphatic heterocycles. The van der Waals surface area contributed by atoms with Crippen molar-refractivity contribution in [1.29, 1.82) is 0 Å². The molecule has 19 heavy (non-hydrogen) atoms. The van der Waals surface area contributed by atoms with Crippen molar-refractivity contribution in [2.24, 2.45) is 10.2 Å². The number of alkyl halides is 4. The predicted octanol–water partition coefficient (Wildman–Crippen LogP) is 3.58. The number of azo groups is 1. The third-order valence-corrected chi connectivity index (χ3v) is 2.62. The van der Waals surface area contributed by atoms with Crippen molar-refractivity contribution in [3.63, 3.8) is 0 Å². The van der Waals surface area contributed by atoms with E-state index >= 15 is 0 Å². The van der Waals surface area contributed by atoms with Crippen LogP contribution in [0.25, 0.3) is 0 Å². The zero-order valence-corrected chi connectivity index (χ0v) is 9.55. The van der Waals surface area contributed by atoms with Crippen molar-refractivity contribution in [3.05, 3.63) is 48.3 Å². The summed E-state index contributed by atoms with van der Waals surface area (Å²) in [6.07, 6.45) is 6.48. The van der Waals surface area contributed by atoms with Gasteiger partial charge in [0.25, 0.3) is 11.8 Å². The molecule has 0 aromatic heterocycles. The molecule has 1 N–H and O–H groups in total. The standard InChI is InChI=1S/C12H10F4N2O/c13-11(14)6-2-1-3-9(11)17-18-10-5-4-8(19)7-12(10,15)16/h1-7,9-10,19H/b18-17+. The van der Waals surface area contributed by atoms with Gasteiger partial charge in [0.2, 0.25) is 0 Å². The van der Waals surface area contributed by atoms with Crippen LogP contribution in [0.4, 0.5) is 17.6 Å².